The Balaban J connectivity index is 1.58. The van der Waals surface area contributed by atoms with Gasteiger partial charge >= 0.3 is 0 Å². The summed E-state index contributed by atoms with van der Waals surface area (Å²) in [6, 6.07) is 2.06. The molecule has 0 unspecified atom stereocenters. The van der Waals surface area contributed by atoms with Gasteiger partial charge in [0.1, 0.15) is 6.33 Å². The average Bonchev–Trinajstić information content (AvgIpc) is 3.32. The number of hydrogen-bond acceptors (Lipinski definition) is 8. The molecule has 4 rings (SSSR count). The maximum absolute atomic E-state index is 5.40. The van der Waals surface area contributed by atoms with Crippen LogP contribution in [0.3, 0.4) is 0 Å². The van der Waals surface area contributed by atoms with E-state index >= 15 is 0 Å². The summed E-state index contributed by atoms with van der Waals surface area (Å²) in [5.74, 6) is 1.39. The number of rotatable bonds is 7. The topological polar surface area (TPSA) is 80.1 Å². The van der Waals surface area contributed by atoms with E-state index in [0.29, 0.717) is 5.95 Å². The van der Waals surface area contributed by atoms with E-state index in [4.69, 9.17) is 4.74 Å². The fourth-order valence-electron chi connectivity index (χ4n) is 3.00. The van der Waals surface area contributed by atoms with Crippen LogP contribution >= 0.6 is 11.3 Å². The number of hydrogen-bond donors (Lipinski definition) is 2. The number of thiophene rings is 1. The van der Waals surface area contributed by atoms with Crippen molar-refractivity contribution in [3.63, 3.8) is 0 Å². The number of anilines is 2. The second-order valence-electron chi connectivity index (χ2n) is 6.08. The molecule has 1 aliphatic heterocycles. The van der Waals surface area contributed by atoms with Gasteiger partial charge < -0.3 is 15.4 Å². The Bertz CT molecular complexity index is 842. The molecule has 0 aromatic carbocycles. The van der Waals surface area contributed by atoms with Gasteiger partial charge in [-0.2, -0.15) is 21.3 Å². The minimum Gasteiger partial charge on any atom is -0.379 e. The largest absolute Gasteiger partial charge is 0.379 e. The highest BCUT2D eigenvalue weighted by molar-refractivity contribution is 7.08. The van der Waals surface area contributed by atoms with Crippen molar-refractivity contribution in [2.45, 2.75) is 6.92 Å². The van der Waals surface area contributed by atoms with Crippen LogP contribution in [0.5, 0.6) is 0 Å². The van der Waals surface area contributed by atoms with E-state index in [-0.39, 0.29) is 0 Å². The van der Waals surface area contributed by atoms with Gasteiger partial charge in [-0.15, -0.1) is 0 Å². The molecule has 9 heteroatoms. The molecule has 8 nitrogen and oxygen atoms in total. The second-order valence-corrected chi connectivity index (χ2v) is 6.86. The summed E-state index contributed by atoms with van der Waals surface area (Å²) in [4.78, 5) is 16.2. The van der Waals surface area contributed by atoms with Crippen molar-refractivity contribution in [2.75, 3.05) is 56.6 Å². The van der Waals surface area contributed by atoms with Crippen molar-refractivity contribution in [1.29, 1.82) is 0 Å². The first-order valence-corrected chi connectivity index (χ1v) is 9.85. The zero-order valence-corrected chi connectivity index (χ0v) is 15.6. The Morgan fingerprint density at radius 2 is 2.12 bits per heavy atom. The molecule has 0 saturated carbocycles. The highest BCUT2D eigenvalue weighted by Crippen LogP contribution is 2.24. The molecule has 0 atom stereocenters. The van der Waals surface area contributed by atoms with Crippen molar-refractivity contribution >= 4 is 34.3 Å². The molecule has 3 aromatic rings. The van der Waals surface area contributed by atoms with Crippen molar-refractivity contribution in [3.8, 4) is 5.69 Å². The van der Waals surface area contributed by atoms with Gasteiger partial charge in [-0.05, 0) is 18.4 Å². The summed E-state index contributed by atoms with van der Waals surface area (Å²) < 4.78 is 7.40. The number of nitrogens with zero attached hydrogens (tertiary/aromatic N) is 5. The van der Waals surface area contributed by atoms with E-state index in [0.717, 1.165) is 68.6 Å². The van der Waals surface area contributed by atoms with Gasteiger partial charge in [-0.1, -0.05) is 0 Å². The SMILES string of the molecule is CCNc1nc(NCCN2CCOCC2)c2ncn(-c3ccsc3)c2n1. The molecule has 3 aromatic heterocycles. The third-order valence-electron chi connectivity index (χ3n) is 4.34. The first kappa shape index (κ1) is 17.2. The quantitative estimate of drug-likeness (QED) is 0.656. The van der Waals surface area contributed by atoms with Crippen molar-refractivity contribution in [3.05, 3.63) is 23.2 Å². The zero-order valence-electron chi connectivity index (χ0n) is 14.8. The number of aromatic nitrogens is 4. The summed E-state index contributed by atoms with van der Waals surface area (Å²) in [5, 5.41) is 10.8. The van der Waals surface area contributed by atoms with Gasteiger partial charge in [0.05, 0.1) is 18.9 Å². The molecule has 0 amide bonds. The lowest BCUT2D eigenvalue weighted by atomic mass is 10.4. The number of imidazole rings is 1. The molecular formula is C17H23N7OS. The third-order valence-corrected chi connectivity index (χ3v) is 5.01. The van der Waals surface area contributed by atoms with Crippen LogP contribution in [-0.4, -0.2) is 70.4 Å². The number of nitrogens with one attached hydrogen (secondary N) is 2. The Kier molecular flexibility index (Phi) is 5.28. The normalized spacial score (nSPS) is 15.4. The van der Waals surface area contributed by atoms with Crippen LogP contribution in [0, 0.1) is 0 Å². The van der Waals surface area contributed by atoms with E-state index in [1.54, 1.807) is 11.3 Å². The van der Waals surface area contributed by atoms with Gasteiger partial charge in [-0.25, -0.2) is 4.98 Å². The first-order valence-electron chi connectivity index (χ1n) is 8.90. The van der Waals surface area contributed by atoms with Crippen molar-refractivity contribution in [1.82, 2.24) is 24.4 Å². The van der Waals surface area contributed by atoms with Crippen molar-refractivity contribution < 1.29 is 4.74 Å². The fourth-order valence-corrected chi connectivity index (χ4v) is 3.63. The lowest BCUT2D eigenvalue weighted by Crippen LogP contribution is -2.39. The van der Waals surface area contributed by atoms with Crippen LogP contribution in [0.15, 0.2) is 23.2 Å². The summed E-state index contributed by atoms with van der Waals surface area (Å²) >= 11 is 1.66. The average molecular weight is 373 g/mol. The van der Waals surface area contributed by atoms with Crippen molar-refractivity contribution in [2.24, 2.45) is 0 Å². The first-order chi connectivity index (χ1) is 12.8. The Morgan fingerprint density at radius 1 is 1.23 bits per heavy atom. The molecule has 0 radical (unpaired) electrons. The predicted molar refractivity (Wildman–Crippen MR) is 104 cm³/mol. The molecule has 0 spiro atoms. The van der Waals surface area contributed by atoms with Gasteiger partial charge in [0.2, 0.25) is 5.95 Å². The standard InChI is InChI=1S/C17H23N7OS/c1-2-18-17-21-15(19-4-5-23-6-8-25-9-7-23)14-16(22-17)24(12-20-14)13-3-10-26-11-13/h3,10-12H,2,4-9H2,1H3,(H2,18,19,21,22). The second kappa shape index (κ2) is 7.98. The fraction of sp³-hybridized carbons (Fsp3) is 0.471. The van der Waals surface area contributed by atoms with Crippen LogP contribution in [0.25, 0.3) is 16.9 Å². The highest BCUT2D eigenvalue weighted by Gasteiger charge is 2.15. The highest BCUT2D eigenvalue weighted by atomic mass is 32.1. The number of ether oxygens (including phenoxy) is 1. The van der Waals surface area contributed by atoms with Gasteiger partial charge in [0.25, 0.3) is 0 Å². The molecule has 138 valence electrons. The van der Waals surface area contributed by atoms with Gasteiger partial charge in [0, 0.05) is 38.1 Å². The summed E-state index contributed by atoms with van der Waals surface area (Å²) in [7, 11) is 0. The molecule has 4 heterocycles. The Labute approximate surface area is 156 Å². The smallest absolute Gasteiger partial charge is 0.226 e. The molecule has 26 heavy (non-hydrogen) atoms. The van der Waals surface area contributed by atoms with Crippen LogP contribution in [0.1, 0.15) is 6.92 Å². The van der Waals surface area contributed by atoms with Gasteiger partial charge in [0.15, 0.2) is 17.0 Å². The van der Waals surface area contributed by atoms with E-state index in [1.165, 1.54) is 0 Å². The zero-order chi connectivity index (χ0) is 17.8. The van der Waals surface area contributed by atoms with E-state index in [9.17, 15) is 0 Å². The molecule has 2 N–H and O–H groups in total. The number of fused-ring (bicyclic) bond motifs is 1. The molecule has 1 fully saturated rings. The third kappa shape index (κ3) is 3.64. The summed E-state index contributed by atoms with van der Waals surface area (Å²) in [6.07, 6.45) is 1.81. The van der Waals surface area contributed by atoms with Crippen LogP contribution in [0.2, 0.25) is 0 Å². The molecule has 1 saturated heterocycles. The monoisotopic (exact) mass is 373 g/mol. The van der Waals surface area contributed by atoms with E-state index in [2.05, 4.69) is 47.3 Å². The van der Waals surface area contributed by atoms with Crippen LogP contribution in [0.4, 0.5) is 11.8 Å². The molecule has 0 bridgehead atoms. The number of morpholine rings is 1. The van der Waals surface area contributed by atoms with Gasteiger partial charge in [-0.3, -0.25) is 9.47 Å². The van der Waals surface area contributed by atoms with Crippen LogP contribution < -0.4 is 10.6 Å². The minimum absolute atomic E-state index is 0.617. The maximum atomic E-state index is 5.40. The molecule has 1 aliphatic rings. The van der Waals surface area contributed by atoms with E-state index in [1.807, 2.05) is 17.8 Å². The minimum atomic E-state index is 0.617. The lowest BCUT2D eigenvalue weighted by Gasteiger charge is -2.26. The predicted octanol–water partition coefficient (Wildman–Crippen LogP) is 2.05. The Hall–Kier alpha value is -2.23. The maximum Gasteiger partial charge on any atom is 0.226 e. The van der Waals surface area contributed by atoms with Crippen LogP contribution in [-0.2, 0) is 4.74 Å². The lowest BCUT2D eigenvalue weighted by molar-refractivity contribution is 0.0398. The summed E-state index contributed by atoms with van der Waals surface area (Å²) in [6.45, 7) is 8.16. The summed E-state index contributed by atoms with van der Waals surface area (Å²) in [5.41, 5.74) is 2.67. The Morgan fingerprint density at radius 3 is 2.88 bits per heavy atom. The molecular weight excluding hydrogens is 350 g/mol. The van der Waals surface area contributed by atoms with E-state index < -0.39 is 0 Å². The molecule has 0 aliphatic carbocycles.